The number of hydrogen-bond acceptors (Lipinski definition) is 5. The maximum atomic E-state index is 12.5. The molecule has 0 N–H and O–H groups in total. The van der Waals surface area contributed by atoms with Crippen molar-refractivity contribution in [2.45, 2.75) is 18.6 Å². The van der Waals surface area contributed by atoms with Gasteiger partial charge in [0.05, 0.1) is 18.4 Å². The van der Waals surface area contributed by atoms with Crippen LogP contribution in [-0.2, 0) is 6.54 Å². The van der Waals surface area contributed by atoms with E-state index in [0.717, 1.165) is 11.4 Å². The number of rotatable bonds is 7. The zero-order valence-corrected chi connectivity index (χ0v) is 16.0. The number of para-hydroxylation sites is 1. The number of thioether (sulfide) groups is 1. The lowest BCUT2D eigenvalue weighted by atomic mass is 10.1. The molecule has 5 nitrogen and oxygen atoms in total. The van der Waals surface area contributed by atoms with Crippen LogP contribution in [0.2, 0.25) is 5.02 Å². The number of methoxy groups -OCH3 is 1. The summed E-state index contributed by atoms with van der Waals surface area (Å²) in [5.41, 5.74) is 1.47. The molecule has 1 heterocycles. The molecular formula is C19H18ClN3O2S. The SMILES string of the molecule is CCn1c(SCC(=O)c2ccccc2OC)nnc1-c1cccc(Cl)c1. The second kappa shape index (κ2) is 8.38. The lowest BCUT2D eigenvalue weighted by Crippen LogP contribution is -2.06. The Balaban J connectivity index is 1.80. The van der Waals surface area contributed by atoms with Gasteiger partial charge in [-0.2, -0.15) is 0 Å². The Morgan fingerprint density at radius 1 is 1.19 bits per heavy atom. The summed E-state index contributed by atoms with van der Waals surface area (Å²) in [6, 6.07) is 14.7. The minimum absolute atomic E-state index is 0.0117. The van der Waals surface area contributed by atoms with Crippen molar-refractivity contribution >= 4 is 29.1 Å². The number of ketones is 1. The number of Topliss-reactive ketones (excluding diaryl/α,β-unsaturated/α-hetero) is 1. The fourth-order valence-electron chi connectivity index (χ4n) is 2.60. The van der Waals surface area contributed by atoms with Gasteiger partial charge in [0.1, 0.15) is 5.75 Å². The summed E-state index contributed by atoms with van der Waals surface area (Å²) in [5, 5.41) is 9.88. The largest absolute Gasteiger partial charge is 0.496 e. The minimum Gasteiger partial charge on any atom is -0.496 e. The van der Waals surface area contributed by atoms with Crippen LogP contribution < -0.4 is 4.74 Å². The van der Waals surface area contributed by atoms with Crippen LogP contribution in [0.3, 0.4) is 0 Å². The van der Waals surface area contributed by atoms with Crippen LogP contribution in [0.1, 0.15) is 17.3 Å². The molecule has 0 fully saturated rings. The number of benzene rings is 2. The highest BCUT2D eigenvalue weighted by Crippen LogP contribution is 2.27. The molecule has 134 valence electrons. The molecule has 0 radical (unpaired) electrons. The molecule has 2 aromatic carbocycles. The molecule has 0 bridgehead atoms. The van der Waals surface area contributed by atoms with Crippen molar-refractivity contribution in [2.24, 2.45) is 0 Å². The van der Waals surface area contributed by atoms with Gasteiger partial charge in [0, 0.05) is 17.1 Å². The molecule has 0 unspecified atom stereocenters. The maximum Gasteiger partial charge on any atom is 0.191 e. The Morgan fingerprint density at radius 2 is 2.00 bits per heavy atom. The van der Waals surface area contributed by atoms with Crippen molar-refractivity contribution in [3.8, 4) is 17.1 Å². The summed E-state index contributed by atoms with van der Waals surface area (Å²) in [5.74, 6) is 1.56. The second-order valence-electron chi connectivity index (χ2n) is 5.47. The normalized spacial score (nSPS) is 10.7. The van der Waals surface area contributed by atoms with Crippen LogP contribution in [0.25, 0.3) is 11.4 Å². The standard InChI is InChI=1S/C19H18ClN3O2S/c1-3-23-18(13-7-6-8-14(20)11-13)21-22-19(23)26-12-16(24)15-9-4-5-10-17(15)25-2/h4-11H,3,12H2,1-2H3. The quantitative estimate of drug-likeness (QED) is 0.438. The van der Waals surface area contributed by atoms with E-state index in [1.807, 2.05) is 47.9 Å². The molecule has 0 aliphatic carbocycles. The third-order valence-electron chi connectivity index (χ3n) is 3.86. The Hall–Kier alpha value is -2.31. The van der Waals surface area contributed by atoms with Crippen LogP contribution in [0.15, 0.2) is 53.7 Å². The van der Waals surface area contributed by atoms with E-state index in [2.05, 4.69) is 10.2 Å². The molecule has 0 spiro atoms. The summed E-state index contributed by atoms with van der Waals surface area (Å²) in [4.78, 5) is 12.5. The molecule has 0 aliphatic heterocycles. The van der Waals surface area contributed by atoms with Crippen molar-refractivity contribution in [3.05, 3.63) is 59.1 Å². The number of nitrogens with zero attached hydrogens (tertiary/aromatic N) is 3. The summed E-state index contributed by atoms with van der Waals surface area (Å²) in [6.07, 6.45) is 0. The zero-order chi connectivity index (χ0) is 18.5. The van der Waals surface area contributed by atoms with Gasteiger partial charge in [-0.1, -0.05) is 47.6 Å². The van der Waals surface area contributed by atoms with Crippen LogP contribution in [0.5, 0.6) is 5.75 Å². The lowest BCUT2D eigenvalue weighted by molar-refractivity contribution is 0.101. The van der Waals surface area contributed by atoms with Crippen molar-refractivity contribution in [1.82, 2.24) is 14.8 Å². The van der Waals surface area contributed by atoms with Gasteiger partial charge in [0.25, 0.3) is 0 Å². The molecule has 3 rings (SSSR count). The summed E-state index contributed by atoms with van der Waals surface area (Å²) < 4.78 is 7.24. The average Bonchev–Trinajstić information content (AvgIpc) is 3.09. The Morgan fingerprint density at radius 3 is 2.73 bits per heavy atom. The third-order valence-corrected chi connectivity index (χ3v) is 5.06. The number of carbonyl (C=O) groups excluding carboxylic acids is 1. The average molecular weight is 388 g/mol. The van der Waals surface area contributed by atoms with E-state index in [0.29, 0.717) is 28.0 Å². The number of hydrogen-bond donors (Lipinski definition) is 0. The van der Waals surface area contributed by atoms with Gasteiger partial charge in [-0.15, -0.1) is 10.2 Å². The highest BCUT2D eigenvalue weighted by Gasteiger charge is 2.17. The fraction of sp³-hybridized carbons (Fsp3) is 0.211. The summed E-state index contributed by atoms with van der Waals surface area (Å²) >= 11 is 7.44. The van der Waals surface area contributed by atoms with Crippen molar-refractivity contribution in [3.63, 3.8) is 0 Å². The monoisotopic (exact) mass is 387 g/mol. The molecule has 1 aromatic heterocycles. The highest BCUT2D eigenvalue weighted by atomic mass is 35.5. The molecular weight excluding hydrogens is 370 g/mol. The number of carbonyl (C=O) groups is 1. The van der Waals surface area contributed by atoms with E-state index in [1.165, 1.54) is 11.8 Å². The van der Waals surface area contributed by atoms with Crippen LogP contribution >= 0.6 is 23.4 Å². The van der Waals surface area contributed by atoms with Gasteiger partial charge >= 0.3 is 0 Å². The maximum absolute atomic E-state index is 12.5. The van der Waals surface area contributed by atoms with Crippen LogP contribution in [0.4, 0.5) is 0 Å². The van der Waals surface area contributed by atoms with E-state index < -0.39 is 0 Å². The number of aromatic nitrogens is 3. The van der Waals surface area contributed by atoms with E-state index in [4.69, 9.17) is 16.3 Å². The third kappa shape index (κ3) is 3.92. The van der Waals surface area contributed by atoms with E-state index in [-0.39, 0.29) is 11.5 Å². The zero-order valence-electron chi connectivity index (χ0n) is 14.5. The molecule has 0 atom stereocenters. The van der Waals surface area contributed by atoms with Crippen molar-refractivity contribution in [1.29, 1.82) is 0 Å². The Kier molecular flexibility index (Phi) is 5.96. The van der Waals surface area contributed by atoms with E-state index >= 15 is 0 Å². The van der Waals surface area contributed by atoms with Gasteiger partial charge in [-0.05, 0) is 31.2 Å². The lowest BCUT2D eigenvalue weighted by Gasteiger charge is -2.09. The predicted molar refractivity (Wildman–Crippen MR) is 104 cm³/mol. The van der Waals surface area contributed by atoms with Crippen molar-refractivity contribution in [2.75, 3.05) is 12.9 Å². The number of ether oxygens (including phenoxy) is 1. The smallest absolute Gasteiger partial charge is 0.191 e. The first kappa shape index (κ1) is 18.5. The molecule has 3 aromatic rings. The minimum atomic E-state index is -0.0117. The van der Waals surface area contributed by atoms with Gasteiger partial charge in [0.2, 0.25) is 0 Å². The van der Waals surface area contributed by atoms with Crippen molar-refractivity contribution < 1.29 is 9.53 Å². The van der Waals surface area contributed by atoms with Gasteiger partial charge in [-0.3, -0.25) is 4.79 Å². The van der Waals surface area contributed by atoms with E-state index in [9.17, 15) is 4.79 Å². The Bertz CT molecular complexity index is 927. The molecule has 26 heavy (non-hydrogen) atoms. The summed E-state index contributed by atoms with van der Waals surface area (Å²) in [7, 11) is 1.56. The molecule has 0 saturated carbocycles. The van der Waals surface area contributed by atoms with Gasteiger partial charge < -0.3 is 9.30 Å². The Labute approximate surface area is 161 Å². The first-order valence-corrected chi connectivity index (χ1v) is 9.48. The molecule has 0 aliphatic rings. The van der Waals surface area contributed by atoms with Crippen LogP contribution in [-0.4, -0.2) is 33.4 Å². The number of halogens is 1. The van der Waals surface area contributed by atoms with Gasteiger partial charge in [-0.25, -0.2) is 0 Å². The topological polar surface area (TPSA) is 57.0 Å². The first-order valence-electron chi connectivity index (χ1n) is 8.12. The van der Waals surface area contributed by atoms with Crippen LogP contribution in [0, 0.1) is 0 Å². The highest BCUT2D eigenvalue weighted by molar-refractivity contribution is 7.99. The summed E-state index contributed by atoms with van der Waals surface area (Å²) in [6.45, 7) is 2.71. The molecule has 0 saturated heterocycles. The first-order chi connectivity index (χ1) is 12.6. The van der Waals surface area contributed by atoms with E-state index in [1.54, 1.807) is 19.2 Å². The predicted octanol–water partition coefficient (Wildman–Crippen LogP) is 4.60. The van der Waals surface area contributed by atoms with Gasteiger partial charge in [0.15, 0.2) is 16.8 Å². The fourth-order valence-corrected chi connectivity index (χ4v) is 3.68. The molecule has 0 amide bonds. The molecule has 7 heteroatoms. The second-order valence-corrected chi connectivity index (χ2v) is 6.85.